The largest absolute Gasteiger partial charge is 0.103 e. The van der Waals surface area contributed by atoms with Crippen LogP contribution in [0.15, 0.2) is 0 Å². The van der Waals surface area contributed by atoms with Crippen molar-refractivity contribution < 1.29 is 0 Å². The zero-order valence-electron chi connectivity index (χ0n) is 8.45. The Labute approximate surface area is 76.7 Å². The zero-order chi connectivity index (χ0) is 8.86. The van der Waals surface area contributed by atoms with Crippen molar-refractivity contribution >= 4 is 0 Å². The standard InChI is InChI=1S/C12H20/c1-3-4-5-6-7-8-9-12(2)10-11-12/h3-4,7-11H2,1-2H3. The number of hydrogen-bond donors (Lipinski definition) is 0. The lowest BCUT2D eigenvalue weighted by molar-refractivity contribution is 0.499. The van der Waals surface area contributed by atoms with Crippen LogP contribution in [0.5, 0.6) is 0 Å². The van der Waals surface area contributed by atoms with Crippen LogP contribution in [0.4, 0.5) is 0 Å². The molecule has 0 heterocycles. The van der Waals surface area contributed by atoms with Crippen LogP contribution in [-0.2, 0) is 0 Å². The van der Waals surface area contributed by atoms with E-state index in [4.69, 9.17) is 0 Å². The second-order valence-corrected chi connectivity index (χ2v) is 4.27. The Balaban J connectivity index is 1.93. The smallest absolute Gasteiger partial charge is 0.00888 e. The van der Waals surface area contributed by atoms with Gasteiger partial charge in [0.2, 0.25) is 0 Å². The van der Waals surface area contributed by atoms with Gasteiger partial charge in [-0.1, -0.05) is 13.8 Å². The predicted octanol–water partition coefficient (Wildman–Crippen LogP) is 3.76. The summed E-state index contributed by atoms with van der Waals surface area (Å²) >= 11 is 0. The molecular formula is C12H20. The molecule has 1 saturated carbocycles. The van der Waals surface area contributed by atoms with Gasteiger partial charge in [-0.3, -0.25) is 0 Å². The number of hydrogen-bond acceptors (Lipinski definition) is 0. The Morgan fingerprint density at radius 1 is 1.17 bits per heavy atom. The first-order valence-corrected chi connectivity index (χ1v) is 5.22. The van der Waals surface area contributed by atoms with Gasteiger partial charge in [0.1, 0.15) is 0 Å². The summed E-state index contributed by atoms with van der Waals surface area (Å²) in [6, 6.07) is 0. The molecule has 1 rings (SSSR count). The lowest BCUT2D eigenvalue weighted by atomic mass is 10.0. The zero-order valence-corrected chi connectivity index (χ0v) is 8.45. The first-order chi connectivity index (χ1) is 5.77. The molecule has 0 aromatic heterocycles. The summed E-state index contributed by atoms with van der Waals surface area (Å²) in [6.45, 7) is 4.58. The maximum Gasteiger partial charge on any atom is 0.00888 e. The van der Waals surface area contributed by atoms with Gasteiger partial charge in [-0.2, -0.15) is 0 Å². The molecule has 0 aliphatic heterocycles. The van der Waals surface area contributed by atoms with Gasteiger partial charge >= 0.3 is 0 Å². The highest BCUT2D eigenvalue weighted by Crippen LogP contribution is 2.48. The average molecular weight is 164 g/mol. The molecule has 0 aromatic carbocycles. The first-order valence-electron chi connectivity index (χ1n) is 5.22. The molecule has 0 unspecified atom stereocenters. The summed E-state index contributed by atoms with van der Waals surface area (Å²) in [5.41, 5.74) is 0.729. The minimum absolute atomic E-state index is 0.729. The molecule has 0 N–H and O–H groups in total. The van der Waals surface area contributed by atoms with Gasteiger partial charge in [-0.15, -0.1) is 11.8 Å². The number of rotatable bonds is 4. The van der Waals surface area contributed by atoms with E-state index in [0.29, 0.717) is 0 Å². The summed E-state index contributed by atoms with van der Waals surface area (Å²) in [7, 11) is 0. The summed E-state index contributed by atoms with van der Waals surface area (Å²) in [5.74, 6) is 6.43. The van der Waals surface area contributed by atoms with Crippen LogP contribution in [0.1, 0.15) is 58.8 Å². The molecule has 0 heteroatoms. The van der Waals surface area contributed by atoms with Gasteiger partial charge in [0.05, 0.1) is 0 Å². The third-order valence-electron chi connectivity index (χ3n) is 2.69. The Morgan fingerprint density at radius 3 is 2.42 bits per heavy atom. The fourth-order valence-electron chi connectivity index (χ4n) is 1.37. The molecule has 12 heavy (non-hydrogen) atoms. The molecule has 68 valence electrons. The molecule has 1 aliphatic carbocycles. The molecule has 0 aromatic rings. The van der Waals surface area contributed by atoms with Gasteiger partial charge in [0, 0.05) is 12.8 Å². The van der Waals surface area contributed by atoms with Crippen molar-refractivity contribution in [1.29, 1.82) is 0 Å². The maximum atomic E-state index is 3.24. The van der Waals surface area contributed by atoms with Crippen molar-refractivity contribution in [2.24, 2.45) is 5.41 Å². The van der Waals surface area contributed by atoms with Crippen LogP contribution in [0.3, 0.4) is 0 Å². The lowest BCUT2D eigenvalue weighted by Gasteiger charge is -2.03. The van der Waals surface area contributed by atoms with E-state index in [9.17, 15) is 0 Å². The van der Waals surface area contributed by atoms with Crippen molar-refractivity contribution in [2.45, 2.75) is 58.8 Å². The Bertz CT molecular complexity index is 176. The van der Waals surface area contributed by atoms with Crippen molar-refractivity contribution in [3.05, 3.63) is 0 Å². The van der Waals surface area contributed by atoms with E-state index in [1.807, 2.05) is 0 Å². The maximum absolute atomic E-state index is 3.24. The van der Waals surface area contributed by atoms with E-state index in [1.54, 1.807) is 0 Å². The monoisotopic (exact) mass is 164 g/mol. The van der Waals surface area contributed by atoms with Gasteiger partial charge in [0.15, 0.2) is 0 Å². The second-order valence-electron chi connectivity index (χ2n) is 4.27. The molecule has 0 saturated heterocycles. The van der Waals surface area contributed by atoms with Gasteiger partial charge < -0.3 is 0 Å². The average Bonchev–Trinajstić information content (AvgIpc) is 2.77. The fourth-order valence-corrected chi connectivity index (χ4v) is 1.37. The van der Waals surface area contributed by atoms with Crippen molar-refractivity contribution in [3.8, 4) is 11.8 Å². The molecule has 1 fully saturated rings. The van der Waals surface area contributed by atoms with Gasteiger partial charge in [0.25, 0.3) is 0 Å². The minimum Gasteiger partial charge on any atom is -0.103 e. The highest BCUT2D eigenvalue weighted by molar-refractivity contribution is 4.99. The van der Waals surface area contributed by atoms with Crippen LogP contribution >= 0.6 is 0 Å². The van der Waals surface area contributed by atoms with E-state index >= 15 is 0 Å². The molecular weight excluding hydrogens is 144 g/mol. The Hall–Kier alpha value is -0.440. The van der Waals surface area contributed by atoms with Crippen LogP contribution in [0.25, 0.3) is 0 Å². The normalized spacial score (nSPS) is 18.2. The minimum atomic E-state index is 0.729. The van der Waals surface area contributed by atoms with E-state index in [1.165, 1.54) is 32.1 Å². The molecule has 0 nitrogen and oxygen atoms in total. The van der Waals surface area contributed by atoms with Crippen LogP contribution in [0, 0.1) is 17.3 Å². The fraction of sp³-hybridized carbons (Fsp3) is 0.833. The molecule has 0 spiro atoms. The highest BCUT2D eigenvalue weighted by atomic mass is 14.4. The molecule has 0 radical (unpaired) electrons. The summed E-state index contributed by atoms with van der Waals surface area (Å²) in [6.07, 6.45) is 9.02. The van der Waals surface area contributed by atoms with E-state index in [2.05, 4.69) is 25.7 Å². The van der Waals surface area contributed by atoms with Gasteiger partial charge in [-0.25, -0.2) is 0 Å². The van der Waals surface area contributed by atoms with Crippen LogP contribution in [0.2, 0.25) is 0 Å². The lowest BCUT2D eigenvalue weighted by Crippen LogP contribution is -1.90. The van der Waals surface area contributed by atoms with Gasteiger partial charge in [-0.05, 0) is 37.5 Å². The number of unbranched alkanes of at least 4 members (excludes halogenated alkanes) is 2. The summed E-state index contributed by atoms with van der Waals surface area (Å²) in [4.78, 5) is 0. The first kappa shape index (κ1) is 9.65. The molecule has 1 aliphatic rings. The molecule has 0 bridgehead atoms. The molecule has 0 amide bonds. The van der Waals surface area contributed by atoms with Crippen molar-refractivity contribution in [1.82, 2.24) is 0 Å². The summed E-state index contributed by atoms with van der Waals surface area (Å²) in [5, 5.41) is 0. The Morgan fingerprint density at radius 2 is 1.83 bits per heavy atom. The summed E-state index contributed by atoms with van der Waals surface area (Å²) < 4.78 is 0. The van der Waals surface area contributed by atoms with E-state index < -0.39 is 0 Å². The topological polar surface area (TPSA) is 0 Å². The third-order valence-corrected chi connectivity index (χ3v) is 2.69. The van der Waals surface area contributed by atoms with Crippen molar-refractivity contribution in [2.75, 3.05) is 0 Å². The SMILES string of the molecule is CCCC#CCCCC1(C)CC1. The van der Waals surface area contributed by atoms with E-state index in [0.717, 1.165) is 18.3 Å². The van der Waals surface area contributed by atoms with Crippen LogP contribution < -0.4 is 0 Å². The molecule has 0 atom stereocenters. The van der Waals surface area contributed by atoms with E-state index in [-0.39, 0.29) is 0 Å². The predicted molar refractivity (Wildman–Crippen MR) is 53.9 cm³/mol. The second kappa shape index (κ2) is 4.55. The quantitative estimate of drug-likeness (QED) is 0.438. The van der Waals surface area contributed by atoms with Crippen LogP contribution in [-0.4, -0.2) is 0 Å². The third kappa shape index (κ3) is 3.81. The Kier molecular flexibility index (Phi) is 3.66. The van der Waals surface area contributed by atoms with Crippen molar-refractivity contribution in [3.63, 3.8) is 0 Å². The highest BCUT2D eigenvalue weighted by Gasteiger charge is 2.35.